The van der Waals surface area contributed by atoms with E-state index in [-0.39, 0.29) is 11.4 Å². The largest absolute Gasteiger partial charge is 0.416 e. The summed E-state index contributed by atoms with van der Waals surface area (Å²) in [7, 11) is 0. The van der Waals surface area contributed by atoms with Crippen molar-refractivity contribution >= 4 is 115 Å². The van der Waals surface area contributed by atoms with Crippen LogP contribution in [0.3, 0.4) is 0 Å². The molecule has 0 saturated heterocycles. The average Bonchev–Trinajstić information content (AvgIpc) is 3.41. The Morgan fingerprint density at radius 1 is 0.744 bits per heavy atom. The SMILES string of the molecule is CC.II.I[I-]I.O=C1Nc2ccccc2C1=Nc1cccc(C(F)(F)F)c1.O=C1Nc2ccccc2C1=O. The third-order valence-corrected chi connectivity index (χ3v) is 4.69. The van der Waals surface area contributed by atoms with Gasteiger partial charge in [0.15, 0.2) is 0 Å². The van der Waals surface area contributed by atoms with E-state index in [1.54, 1.807) is 48.5 Å². The summed E-state index contributed by atoms with van der Waals surface area (Å²) >= 11 is 9.54. The van der Waals surface area contributed by atoms with Gasteiger partial charge >= 0.3 is 56.7 Å². The first-order chi connectivity index (χ1) is 18.7. The second kappa shape index (κ2) is 18.7. The van der Waals surface area contributed by atoms with Crippen LogP contribution in [0.15, 0.2) is 77.8 Å². The molecular formula is C25H20F3I5N3O3-. The summed E-state index contributed by atoms with van der Waals surface area (Å²) in [6, 6.07) is 18.3. The monoisotopic (exact) mass is 1100 g/mol. The number of benzene rings is 3. The van der Waals surface area contributed by atoms with E-state index in [9.17, 15) is 27.6 Å². The molecule has 2 amide bonds. The number of amides is 2. The number of Topliss-reactive ketones (excluding diaryl/α,β-unsaturated/α-hetero) is 1. The molecule has 0 radical (unpaired) electrons. The number of carbonyl (C=O) groups is 3. The van der Waals surface area contributed by atoms with Crippen LogP contribution < -0.4 is 23.9 Å². The normalized spacial score (nSPS) is 13.6. The Bertz CT molecular complexity index is 1320. The molecule has 14 heteroatoms. The molecule has 0 aliphatic carbocycles. The summed E-state index contributed by atoms with van der Waals surface area (Å²) in [4.78, 5) is 37.7. The summed E-state index contributed by atoms with van der Waals surface area (Å²) < 4.78 is 38.0. The van der Waals surface area contributed by atoms with Crippen LogP contribution in [0.5, 0.6) is 0 Å². The molecular weight excluding hydrogens is 1080 g/mol. The number of ketones is 1. The van der Waals surface area contributed by atoms with Gasteiger partial charge in [-0.15, -0.1) is 0 Å². The molecule has 2 N–H and O–H groups in total. The van der Waals surface area contributed by atoms with Crippen LogP contribution in [0.4, 0.5) is 30.2 Å². The van der Waals surface area contributed by atoms with Crippen molar-refractivity contribution in [3.63, 3.8) is 0 Å². The van der Waals surface area contributed by atoms with E-state index < -0.39 is 29.3 Å². The van der Waals surface area contributed by atoms with Crippen molar-refractivity contribution in [1.82, 2.24) is 0 Å². The van der Waals surface area contributed by atoms with Crippen molar-refractivity contribution in [1.29, 1.82) is 0 Å². The minimum Gasteiger partial charge on any atom is -0.320 e. The van der Waals surface area contributed by atoms with Crippen molar-refractivity contribution in [2.24, 2.45) is 4.99 Å². The van der Waals surface area contributed by atoms with E-state index in [4.69, 9.17) is 0 Å². The van der Waals surface area contributed by atoms with Crippen molar-refractivity contribution < 1.29 is 40.8 Å². The third kappa shape index (κ3) is 10.9. The van der Waals surface area contributed by atoms with E-state index in [1.165, 1.54) is 12.1 Å². The predicted molar refractivity (Wildman–Crippen MR) is 180 cm³/mol. The van der Waals surface area contributed by atoms with E-state index in [0.717, 1.165) is 12.1 Å². The molecule has 3 aromatic rings. The standard InChI is InChI=1S/C15H9F3N2O.C8H5NO2.C2H6.I3.I2/c16-15(17,18)9-4-3-5-10(8-9)19-13-11-6-1-2-7-12(11)20-14(13)21;10-7-5-3-1-2-4-6(5)9-8(7)11;1-2;1-3-2;1-2/h1-8H,(H,19,20,21);1-4H,(H,9,10,11);1-2H3;;/q;;;-1;. The number of nitrogens with one attached hydrogen (secondary N) is 2. The first kappa shape index (κ1) is 36.4. The first-order valence-corrected chi connectivity index (χ1v) is 29.6. The Labute approximate surface area is 277 Å². The van der Waals surface area contributed by atoms with Crippen molar-refractivity contribution in [3.05, 3.63) is 89.5 Å². The molecule has 0 unspecified atom stereocenters. The van der Waals surface area contributed by atoms with Crippen LogP contribution in [-0.2, 0) is 15.8 Å². The second-order valence-corrected chi connectivity index (χ2v) is 23.1. The Morgan fingerprint density at radius 2 is 1.23 bits per heavy atom. The van der Waals surface area contributed by atoms with Crippen molar-refractivity contribution in [3.8, 4) is 0 Å². The Hall–Kier alpha value is -0.620. The molecule has 0 atom stereocenters. The molecule has 0 bridgehead atoms. The number of halogens is 8. The van der Waals surface area contributed by atoms with Crippen LogP contribution in [0.25, 0.3) is 0 Å². The molecule has 210 valence electrons. The zero-order valence-corrected chi connectivity index (χ0v) is 30.9. The molecule has 0 saturated carbocycles. The van der Waals surface area contributed by atoms with Gasteiger partial charge < -0.3 is 10.6 Å². The number of hydrogen-bond donors (Lipinski definition) is 2. The zero-order chi connectivity index (χ0) is 29.6. The average molecular weight is 1100 g/mol. The maximum absolute atomic E-state index is 12.7. The molecule has 2 aliphatic rings. The predicted octanol–water partition coefficient (Wildman–Crippen LogP) is 6.17. The molecule has 3 aromatic carbocycles. The van der Waals surface area contributed by atoms with Crippen LogP contribution in [0.2, 0.25) is 0 Å². The first-order valence-electron chi connectivity index (χ1n) is 10.8. The minimum atomic E-state index is -4.44. The molecule has 2 heterocycles. The molecule has 5 rings (SSSR count). The number of carbonyl (C=O) groups excluding carboxylic acids is 3. The summed E-state index contributed by atoms with van der Waals surface area (Å²) in [5.74, 6) is -1.40. The number of aliphatic imine (C=N–C) groups is 1. The topological polar surface area (TPSA) is 87.6 Å². The zero-order valence-electron chi connectivity index (χ0n) is 20.1. The number of hydrogen-bond acceptors (Lipinski definition) is 4. The second-order valence-electron chi connectivity index (χ2n) is 6.89. The Morgan fingerprint density at radius 3 is 1.77 bits per heavy atom. The van der Waals surface area contributed by atoms with Crippen LogP contribution in [0.1, 0.15) is 35.3 Å². The van der Waals surface area contributed by atoms with Gasteiger partial charge in [0.05, 0.1) is 28.2 Å². The van der Waals surface area contributed by atoms with Gasteiger partial charge in [-0.2, -0.15) is 13.2 Å². The van der Waals surface area contributed by atoms with Crippen LogP contribution in [0, 0.1) is 0 Å². The summed E-state index contributed by atoms with van der Waals surface area (Å²) in [6.45, 7) is 4.00. The fraction of sp³-hybridized carbons (Fsp3) is 0.120. The van der Waals surface area contributed by atoms with Gasteiger partial charge in [-0.3, -0.25) is 14.4 Å². The van der Waals surface area contributed by atoms with Gasteiger partial charge in [-0.05, 0) is 36.4 Å². The van der Waals surface area contributed by atoms with E-state index in [2.05, 4.69) is 90.1 Å². The third-order valence-electron chi connectivity index (χ3n) is 4.69. The van der Waals surface area contributed by atoms with E-state index in [1.807, 2.05) is 13.8 Å². The number of fused-ring (bicyclic) bond motifs is 2. The Balaban J connectivity index is 0.000000354. The van der Waals surface area contributed by atoms with Gasteiger partial charge in [0.1, 0.15) is 5.71 Å². The number of nitrogens with zero attached hydrogens (tertiary/aromatic N) is 1. The minimum absolute atomic E-state index is 0.0895. The van der Waals surface area contributed by atoms with Gasteiger partial charge in [0, 0.05) is 42.8 Å². The van der Waals surface area contributed by atoms with Crippen LogP contribution in [-0.4, -0.2) is 23.3 Å². The summed E-state index contributed by atoms with van der Waals surface area (Å²) in [6.07, 6.45) is -4.44. The van der Waals surface area contributed by atoms with Gasteiger partial charge in [0.2, 0.25) is 0 Å². The van der Waals surface area contributed by atoms with Crippen LogP contribution >= 0.6 is 74.5 Å². The van der Waals surface area contributed by atoms with Gasteiger partial charge in [0.25, 0.3) is 17.6 Å². The molecule has 2 aliphatic heterocycles. The Kier molecular flexibility index (Phi) is 17.5. The molecule has 0 aromatic heterocycles. The van der Waals surface area contributed by atoms with Crippen molar-refractivity contribution in [2.45, 2.75) is 20.0 Å². The quantitative estimate of drug-likeness (QED) is 0.226. The number of alkyl halides is 3. The number of anilines is 2. The van der Waals surface area contributed by atoms with E-state index in [0.29, 0.717) is 35.8 Å². The summed E-state index contributed by atoms with van der Waals surface area (Å²) in [5.41, 5.74) is 1.68. The number of rotatable bonds is 1. The van der Waals surface area contributed by atoms with Gasteiger partial charge in [-0.1, -0.05) is 50.2 Å². The maximum atomic E-state index is 12.7. The maximum Gasteiger partial charge on any atom is 0.416 e. The van der Waals surface area contributed by atoms with Gasteiger partial charge in [-0.25, -0.2) is 4.99 Å². The summed E-state index contributed by atoms with van der Waals surface area (Å²) in [5, 5.41) is 5.08. The molecule has 6 nitrogen and oxygen atoms in total. The van der Waals surface area contributed by atoms with E-state index >= 15 is 0 Å². The fourth-order valence-electron chi connectivity index (χ4n) is 3.19. The smallest absolute Gasteiger partial charge is 0.320 e. The molecule has 0 spiro atoms. The molecule has 39 heavy (non-hydrogen) atoms. The molecule has 0 fully saturated rings. The fourth-order valence-corrected chi connectivity index (χ4v) is 3.19. The van der Waals surface area contributed by atoms with Crippen molar-refractivity contribution in [2.75, 3.05) is 10.6 Å². The number of para-hydroxylation sites is 2.